The molecule has 0 aliphatic heterocycles. The predicted octanol–water partition coefficient (Wildman–Crippen LogP) is 9.35. The maximum atomic E-state index is 6.49. The van der Waals surface area contributed by atoms with Crippen molar-refractivity contribution in [2.45, 2.75) is 53.4 Å². The fourth-order valence-electron chi connectivity index (χ4n) is 5.45. The zero-order chi connectivity index (χ0) is 24.5. The van der Waals surface area contributed by atoms with Crippen LogP contribution in [0.15, 0.2) is 69.6 Å². The molecule has 3 aromatic carbocycles. The summed E-state index contributed by atoms with van der Waals surface area (Å²) in [5.74, 6) is 1.56. The highest BCUT2D eigenvalue weighted by Crippen LogP contribution is 2.42. The Hall–Kier alpha value is -3.59. The Bertz CT molecular complexity index is 1740. The molecule has 176 valence electrons. The Kier molecular flexibility index (Phi) is 4.83. The lowest BCUT2D eigenvalue weighted by atomic mass is 9.82. The van der Waals surface area contributed by atoms with Crippen molar-refractivity contribution in [3.05, 3.63) is 77.7 Å². The van der Waals surface area contributed by atoms with Gasteiger partial charge in [0.05, 0.1) is 5.39 Å². The molecule has 0 amide bonds. The van der Waals surface area contributed by atoms with Crippen LogP contribution < -0.4 is 0 Å². The molecular formula is C32H31NO2. The molecule has 0 fully saturated rings. The van der Waals surface area contributed by atoms with Crippen molar-refractivity contribution in [1.29, 1.82) is 0 Å². The third kappa shape index (κ3) is 3.44. The first-order valence-corrected chi connectivity index (χ1v) is 12.5. The van der Waals surface area contributed by atoms with Gasteiger partial charge in [-0.3, -0.25) is 4.98 Å². The van der Waals surface area contributed by atoms with Gasteiger partial charge in [-0.1, -0.05) is 58.9 Å². The van der Waals surface area contributed by atoms with E-state index >= 15 is 0 Å². The van der Waals surface area contributed by atoms with E-state index in [-0.39, 0.29) is 5.41 Å². The Labute approximate surface area is 205 Å². The summed E-state index contributed by atoms with van der Waals surface area (Å²) in [6.07, 6.45) is 2.89. The van der Waals surface area contributed by atoms with E-state index in [1.54, 1.807) is 0 Å². The average molecular weight is 462 g/mol. The van der Waals surface area contributed by atoms with Gasteiger partial charge in [0.25, 0.3) is 0 Å². The van der Waals surface area contributed by atoms with Gasteiger partial charge in [0.1, 0.15) is 22.6 Å². The van der Waals surface area contributed by atoms with Gasteiger partial charge < -0.3 is 8.83 Å². The van der Waals surface area contributed by atoms with Crippen LogP contribution in [0.2, 0.25) is 0 Å². The number of nitrogens with zero attached hydrogens (tertiary/aromatic N) is 1. The monoisotopic (exact) mass is 461 g/mol. The van der Waals surface area contributed by atoms with E-state index in [4.69, 9.17) is 13.8 Å². The normalized spacial score (nSPS) is 12.7. The van der Waals surface area contributed by atoms with Gasteiger partial charge in [-0.15, -0.1) is 0 Å². The summed E-state index contributed by atoms with van der Waals surface area (Å²) in [6, 6.07) is 19.4. The first-order chi connectivity index (χ1) is 16.7. The van der Waals surface area contributed by atoms with E-state index in [0.29, 0.717) is 5.92 Å². The lowest BCUT2D eigenvalue weighted by Gasteiger charge is -2.22. The van der Waals surface area contributed by atoms with Crippen LogP contribution in [-0.2, 0) is 11.8 Å². The highest BCUT2D eigenvalue weighted by molar-refractivity contribution is 6.19. The molecule has 35 heavy (non-hydrogen) atoms. The molecule has 0 saturated carbocycles. The second-order valence-corrected chi connectivity index (χ2v) is 11.2. The summed E-state index contributed by atoms with van der Waals surface area (Å²) in [5, 5.41) is 5.77. The topological polar surface area (TPSA) is 39.2 Å². The maximum absolute atomic E-state index is 6.49. The smallest absolute Gasteiger partial charge is 0.161 e. The van der Waals surface area contributed by atoms with Crippen molar-refractivity contribution >= 4 is 43.7 Å². The van der Waals surface area contributed by atoms with Gasteiger partial charge in [0.2, 0.25) is 0 Å². The molecule has 0 aliphatic rings. The highest BCUT2D eigenvalue weighted by Gasteiger charge is 2.23. The van der Waals surface area contributed by atoms with Crippen LogP contribution in [0.1, 0.15) is 51.5 Å². The summed E-state index contributed by atoms with van der Waals surface area (Å²) in [5.41, 5.74) is 7.11. The van der Waals surface area contributed by atoms with Crippen LogP contribution in [0.25, 0.3) is 54.9 Å². The van der Waals surface area contributed by atoms with Crippen LogP contribution in [0.4, 0.5) is 0 Å². The van der Waals surface area contributed by atoms with Crippen LogP contribution in [0, 0.1) is 12.8 Å². The van der Waals surface area contributed by atoms with Gasteiger partial charge in [-0.2, -0.15) is 0 Å². The summed E-state index contributed by atoms with van der Waals surface area (Å²) in [7, 11) is 0. The Morgan fingerprint density at radius 1 is 0.857 bits per heavy atom. The number of aromatic nitrogens is 1. The lowest BCUT2D eigenvalue weighted by Crippen LogP contribution is -2.12. The van der Waals surface area contributed by atoms with E-state index in [1.807, 2.05) is 6.20 Å². The van der Waals surface area contributed by atoms with Crippen LogP contribution in [0.3, 0.4) is 0 Å². The molecule has 0 unspecified atom stereocenters. The second-order valence-electron chi connectivity index (χ2n) is 11.2. The molecule has 3 heteroatoms. The number of aryl methyl sites for hydroxylation is 1. The second kappa shape index (κ2) is 7.71. The number of rotatable bonds is 3. The molecule has 6 aromatic rings. The maximum Gasteiger partial charge on any atom is 0.161 e. The first-order valence-electron chi connectivity index (χ1n) is 12.5. The molecule has 3 heterocycles. The molecule has 0 spiro atoms. The number of hydrogen-bond donors (Lipinski definition) is 0. The summed E-state index contributed by atoms with van der Waals surface area (Å²) < 4.78 is 12.9. The first kappa shape index (κ1) is 21.9. The van der Waals surface area contributed by atoms with Crippen molar-refractivity contribution in [3.8, 4) is 11.3 Å². The van der Waals surface area contributed by atoms with E-state index in [1.165, 1.54) is 27.3 Å². The zero-order valence-electron chi connectivity index (χ0n) is 21.3. The van der Waals surface area contributed by atoms with Crippen LogP contribution in [0.5, 0.6) is 0 Å². The van der Waals surface area contributed by atoms with E-state index in [0.717, 1.165) is 51.0 Å². The molecule has 0 atom stereocenters. The number of furan rings is 2. The van der Waals surface area contributed by atoms with Crippen LogP contribution in [-0.4, -0.2) is 4.98 Å². The summed E-state index contributed by atoms with van der Waals surface area (Å²) in [6.45, 7) is 13.4. The Balaban J connectivity index is 1.65. The van der Waals surface area contributed by atoms with Gasteiger partial charge in [0, 0.05) is 28.1 Å². The molecule has 6 rings (SSSR count). The average Bonchev–Trinajstić information content (AvgIpc) is 3.34. The molecule has 0 aliphatic carbocycles. The minimum absolute atomic E-state index is 0.00205. The number of hydrogen-bond acceptors (Lipinski definition) is 3. The molecule has 0 N–H and O–H groups in total. The minimum Gasteiger partial charge on any atom is -0.460 e. The van der Waals surface area contributed by atoms with Crippen molar-refractivity contribution in [1.82, 2.24) is 4.98 Å². The molecule has 3 nitrogen and oxygen atoms in total. The van der Waals surface area contributed by atoms with E-state index < -0.39 is 0 Å². The van der Waals surface area contributed by atoms with Crippen molar-refractivity contribution in [2.24, 2.45) is 5.92 Å². The van der Waals surface area contributed by atoms with Crippen LogP contribution >= 0.6 is 0 Å². The SMILES string of the molecule is Cc1oc2c(ccc3oc4c(-c5cc(C(C)(C)C)c6ccccc6c5)nccc4c32)c1CC(C)C. The largest absolute Gasteiger partial charge is 0.460 e. The quantitative estimate of drug-likeness (QED) is 0.263. The van der Waals surface area contributed by atoms with Gasteiger partial charge in [-0.25, -0.2) is 0 Å². The van der Waals surface area contributed by atoms with E-state index in [2.05, 4.69) is 96.1 Å². The van der Waals surface area contributed by atoms with Crippen molar-refractivity contribution in [3.63, 3.8) is 0 Å². The van der Waals surface area contributed by atoms with Gasteiger partial charge in [-0.05, 0) is 71.3 Å². The summed E-state index contributed by atoms with van der Waals surface area (Å²) in [4.78, 5) is 4.82. The molecule has 0 saturated heterocycles. The number of benzene rings is 3. The fourth-order valence-corrected chi connectivity index (χ4v) is 5.45. The van der Waals surface area contributed by atoms with E-state index in [9.17, 15) is 0 Å². The predicted molar refractivity (Wildman–Crippen MR) is 146 cm³/mol. The van der Waals surface area contributed by atoms with Gasteiger partial charge in [0.15, 0.2) is 5.58 Å². The Morgan fingerprint density at radius 3 is 2.43 bits per heavy atom. The molecular weight excluding hydrogens is 430 g/mol. The molecule has 0 bridgehead atoms. The molecule has 3 aromatic heterocycles. The number of pyridine rings is 1. The minimum atomic E-state index is 0.00205. The standard InChI is InChI=1S/C32H31NO2/c1-18(2)15-25-19(3)34-30-23(25)11-12-27-28(30)24-13-14-33-29(31(24)35-27)21-16-20-9-7-8-10-22(20)26(17-21)32(4,5)6/h7-14,16-18H,15H2,1-6H3. The summed E-state index contributed by atoms with van der Waals surface area (Å²) >= 11 is 0. The number of fused-ring (bicyclic) bond motifs is 6. The third-order valence-electron chi connectivity index (χ3n) is 7.07. The zero-order valence-corrected chi connectivity index (χ0v) is 21.3. The third-order valence-corrected chi connectivity index (χ3v) is 7.07. The Morgan fingerprint density at radius 2 is 1.66 bits per heavy atom. The van der Waals surface area contributed by atoms with Crippen molar-refractivity contribution in [2.75, 3.05) is 0 Å². The fraction of sp³-hybridized carbons (Fsp3) is 0.281. The van der Waals surface area contributed by atoms with Crippen molar-refractivity contribution < 1.29 is 8.83 Å². The molecule has 0 radical (unpaired) electrons. The highest BCUT2D eigenvalue weighted by atomic mass is 16.3. The lowest BCUT2D eigenvalue weighted by molar-refractivity contribution is 0.562. The van der Waals surface area contributed by atoms with Gasteiger partial charge >= 0.3 is 0 Å².